The maximum absolute atomic E-state index is 13.0. The van der Waals surface area contributed by atoms with Crippen molar-refractivity contribution in [1.29, 1.82) is 0 Å². The highest BCUT2D eigenvalue weighted by molar-refractivity contribution is 7.92. The predicted molar refractivity (Wildman–Crippen MR) is 123 cm³/mol. The zero-order chi connectivity index (χ0) is 23.5. The van der Waals surface area contributed by atoms with E-state index in [0.29, 0.717) is 10.0 Å². The molecule has 0 aliphatic carbocycles. The second kappa shape index (κ2) is 9.59. The normalized spacial score (nSPS) is 12.2. The van der Waals surface area contributed by atoms with Crippen LogP contribution in [-0.2, 0) is 14.8 Å². The van der Waals surface area contributed by atoms with Crippen molar-refractivity contribution in [3.63, 3.8) is 0 Å². The van der Waals surface area contributed by atoms with Gasteiger partial charge in [-0.15, -0.1) is 10.2 Å². The Hall–Kier alpha value is -3.09. The molecule has 1 amide bonds. The molecule has 1 heterocycles. The van der Waals surface area contributed by atoms with Gasteiger partial charge in [0.2, 0.25) is 21.1 Å². The number of non-ortho nitro benzene ring substituents is 1. The van der Waals surface area contributed by atoms with Crippen molar-refractivity contribution in [2.24, 2.45) is 0 Å². The van der Waals surface area contributed by atoms with Gasteiger partial charge in [-0.25, -0.2) is 8.42 Å². The van der Waals surface area contributed by atoms with Gasteiger partial charge in [-0.3, -0.25) is 24.5 Å². The van der Waals surface area contributed by atoms with Gasteiger partial charge in [0.1, 0.15) is 11.0 Å². The van der Waals surface area contributed by atoms with Crippen molar-refractivity contribution in [3.05, 3.63) is 63.7 Å². The number of halogens is 1. The molecule has 0 spiro atoms. The summed E-state index contributed by atoms with van der Waals surface area (Å²) in [7, 11) is -3.95. The van der Waals surface area contributed by atoms with Gasteiger partial charge in [0.25, 0.3) is 5.69 Å². The Morgan fingerprint density at radius 2 is 1.94 bits per heavy atom. The number of carbonyl (C=O) groups is 1. The first-order chi connectivity index (χ1) is 15.1. The fourth-order valence-electron chi connectivity index (χ4n) is 2.98. The van der Waals surface area contributed by atoms with Crippen LogP contribution in [0.3, 0.4) is 0 Å². The molecule has 32 heavy (non-hydrogen) atoms. The highest BCUT2D eigenvalue weighted by Crippen LogP contribution is 2.29. The van der Waals surface area contributed by atoms with Crippen molar-refractivity contribution in [1.82, 2.24) is 10.2 Å². The number of carbonyl (C=O) groups excluding carboxylic acids is 1. The van der Waals surface area contributed by atoms with Gasteiger partial charge >= 0.3 is 0 Å². The van der Waals surface area contributed by atoms with Crippen LogP contribution in [-0.4, -0.2) is 41.7 Å². The highest BCUT2D eigenvalue weighted by Gasteiger charge is 2.32. The Morgan fingerprint density at radius 1 is 1.25 bits per heavy atom. The van der Waals surface area contributed by atoms with Crippen molar-refractivity contribution in [3.8, 4) is 10.6 Å². The van der Waals surface area contributed by atoms with Gasteiger partial charge in [0.15, 0.2) is 0 Å². The SMILES string of the molecule is CCC(C(=O)Nc1nnc(-c2ccc(Cl)cc2)s1)N(c1cccc([N+](=O)[O-])c1)S(C)(=O)=O. The lowest BCUT2D eigenvalue weighted by Crippen LogP contribution is -2.47. The van der Waals surface area contributed by atoms with Gasteiger partial charge in [-0.05, 0) is 24.6 Å². The molecule has 1 N–H and O–H groups in total. The fraction of sp³-hybridized carbons (Fsp3) is 0.211. The van der Waals surface area contributed by atoms with Gasteiger partial charge in [0, 0.05) is 22.7 Å². The van der Waals surface area contributed by atoms with E-state index in [1.54, 1.807) is 31.2 Å². The lowest BCUT2D eigenvalue weighted by atomic mass is 10.2. The molecular weight excluding hydrogens is 478 g/mol. The summed E-state index contributed by atoms with van der Waals surface area (Å²) in [6.45, 7) is 1.64. The van der Waals surface area contributed by atoms with Crippen molar-refractivity contribution in [2.45, 2.75) is 19.4 Å². The van der Waals surface area contributed by atoms with E-state index in [1.165, 1.54) is 18.2 Å². The third-order valence-corrected chi connectivity index (χ3v) is 6.69. The molecule has 0 saturated heterocycles. The van der Waals surface area contributed by atoms with Crippen LogP contribution in [0.4, 0.5) is 16.5 Å². The van der Waals surface area contributed by atoms with Gasteiger partial charge < -0.3 is 0 Å². The molecule has 0 saturated carbocycles. The standard InChI is InChI=1S/C19H18ClN5O5S2/c1-3-16(24(32(2,29)30)14-5-4-6-15(11-14)25(27)28)17(26)21-19-23-22-18(31-19)12-7-9-13(20)10-8-12/h4-11,16H,3H2,1-2H3,(H,21,23,26). The Balaban J connectivity index is 1.88. The summed E-state index contributed by atoms with van der Waals surface area (Å²) >= 11 is 7.00. The van der Waals surface area contributed by atoms with E-state index in [4.69, 9.17) is 11.6 Å². The molecule has 0 aliphatic heterocycles. The summed E-state index contributed by atoms with van der Waals surface area (Å²) in [5, 5.41) is 23.0. The van der Waals surface area contributed by atoms with E-state index in [0.717, 1.165) is 33.5 Å². The summed E-state index contributed by atoms with van der Waals surface area (Å²) in [6, 6.07) is 10.9. The van der Waals surface area contributed by atoms with Crippen molar-refractivity contribution >= 4 is 55.4 Å². The molecule has 2 aromatic carbocycles. The maximum atomic E-state index is 13.0. The maximum Gasteiger partial charge on any atom is 0.271 e. The second-order valence-corrected chi connectivity index (χ2v) is 9.94. The van der Waals surface area contributed by atoms with Crippen LogP contribution < -0.4 is 9.62 Å². The van der Waals surface area contributed by atoms with Crippen LogP contribution in [0.1, 0.15) is 13.3 Å². The number of nitrogens with one attached hydrogen (secondary N) is 1. The highest BCUT2D eigenvalue weighted by atomic mass is 35.5. The largest absolute Gasteiger partial charge is 0.299 e. The first-order valence-corrected chi connectivity index (χ1v) is 12.3. The lowest BCUT2D eigenvalue weighted by Gasteiger charge is -2.29. The number of hydrogen-bond acceptors (Lipinski definition) is 8. The number of anilines is 2. The van der Waals surface area contributed by atoms with Crippen molar-refractivity contribution < 1.29 is 18.1 Å². The fourth-order valence-corrected chi connectivity index (χ4v) is 5.06. The van der Waals surface area contributed by atoms with Crippen LogP contribution in [0.15, 0.2) is 48.5 Å². The predicted octanol–water partition coefficient (Wildman–Crippen LogP) is 3.95. The Morgan fingerprint density at radius 3 is 2.53 bits per heavy atom. The number of aromatic nitrogens is 2. The average Bonchev–Trinajstić information content (AvgIpc) is 3.19. The Labute approximate surface area is 193 Å². The third-order valence-electron chi connectivity index (χ3n) is 4.37. The number of hydrogen-bond donors (Lipinski definition) is 1. The van der Waals surface area contributed by atoms with Crippen LogP contribution in [0, 0.1) is 10.1 Å². The summed E-state index contributed by atoms with van der Waals surface area (Å²) in [6.07, 6.45) is 1.05. The molecular formula is C19H18ClN5O5S2. The summed E-state index contributed by atoms with van der Waals surface area (Å²) in [5.74, 6) is -0.636. The molecule has 0 fully saturated rings. The number of nitro groups is 1. The van der Waals surface area contributed by atoms with E-state index >= 15 is 0 Å². The summed E-state index contributed by atoms with van der Waals surface area (Å²) in [5.41, 5.74) is 0.486. The van der Waals surface area contributed by atoms with Crippen LogP contribution in [0.2, 0.25) is 5.02 Å². The van der Waals surface area contributed by atoms with E-state index in [2.05, 4.69) is 15.5 Å². The van der Waals surface area contributed by atoms with Gasteiger partial charge in [-0.1, -0.05) is 48.1 Å². The van der Waals surface area contributed by atoms with Crippen LogP contribution in [0.25, 0.3) is 10.6 Å². The molecule has 0 aliphatic rings. The Bertz CT molecular complexity index is 1250. The van der Waals surface area contributed by atoms with E-state index in [1.807, 2.05) is 0 Å². The van der Waals surface area contributed by atoms with Gasteiger partial charge in [-0.2, -0.15) is 0 Å². The minimum atomic E-state index is -3.95. The first kappa shape index (κ1) is 23.6. The number of nitro benzene ring substituents is 1. The third kappa shape index (κ3) is 5.39. The van der Waals surface area contributed by atoms with Crippen LogP contribution >= 0.6 is 22.9 Å². The lowest BCUT2D eigenvalue weighted by molar-refractivity contribution is -0.384. The molecule has 0 bridgehead atoms. The minimum absolute atomic E-state index is 0.0165. The Kier molecular flexibility index (Phi) is 7.06. The van der Waals surface area contributed by atoms with Gasteiger partial charge in [0.05, 0.1) is 16.9 Å². The summed E-state index contributed by atoms with van der Waals surface area (Å²) in [4.78, 5) is 23.5. The summed E-state index contributed by atoms with van der Waals surface area (Å²) < 4.78 is 25.9. The second-order valence-electron chi connectivity index (χ2n) is 6.67. The first-order valence-electron chi connectivity index (χ1n) is 9.24. The molecule has 0 radical (unpaired) electrons. The number of sulfonamides is 1. The number of rotatable bonds is 8. The van der Waals surface area contributed by atoms with Crippen LogP contribution in [0.5, 0.6) is 0 Å². The average molecular weight is 496 g/mol. The van der Waals surface area contributed by atoms with E-state index < -0.39 is 26.9 Å². The zero-order valence-corrected chi connectivity index (χ0v) is 19.3. The molecule has 1 atom stereocenters. The molecule has 13 heteroatoms. The quantitative estimate of drug-likeness (QED) is 0.369. The molecule has 1 aromatic heterocycles. The molecule has 3 rings (SSSR count). The number of nitrogens with zero attached hydrogens (tertiary/aromatic N) is 4. The monoisotopic (exact) mass is 495 g/mol. The molecule has 10 nitrogen and oxygen atoms in total. The smallest absolute Gasteiger partial charge is 0.271 e. The molecule has 168 valence electrons. The zero-order valence-electron chi connectivity index (χ0n) is 16.9. The number of benzene rings is 2. The molecule has 1 unspecified atom stereocenters. The topological polar surface area (TPSA) is 135 Å². The van der Waals surface area contributed by atoms with E-state index in [-0.39, 0.29) is 22.9 Å². The number of amides is 1. The van der Waals surface area contributed by atoms with Crippen molar-refractivity contribution in [2.75, 3.05) is 15.9 Å². The van der Waals surface area contributed by atoms with E-state index in [9.17, 15) is 23.3 Å². The minimum Gasteiger partial charge on any atom is -0.299 e. The molecule has 3 aromatic rings.